The third-order valence-electron chi connectivity index (χ3n) is 3.92. The Morgan fingerprint density at radius 2 is 1.89 bits per heavy atom. The van der Waals surface area contributed by atoms with E-state index in [0.29, 0.717) is 22.5 Å². The Morgan fingerprint density at radius 3 is 2.57 bits per heavy atom. The fourth-order valence-electron chi connectivity index (χ4n) is 2.51. The summed E-state index contributed by atoms with van der Waals surface area (Å²) >= 11 is 7.32. The number of hydrogen-bond acceptors (Lipinski definition) is 5. The van der Waals surface area contributed by atoms with Gasteiger partial charge in [0.15, 0.2) is 11.0 Å². The second-order valence-corrected chi connectivity index (χ2v) is 7.41. The SMILES string of the molecule is Cc1ccc(-c2nnc(SCC(=O)NCCC#N)n2-c2ccc(Cl)cc2)cc1. The molecule has 8 heteroatoms. The topological polar surface area (TPSA) is 83.6 Å². The van der Waals surface area contributed by atoms with Crippen LogP contribution in [0.4, 0.5) is 0 Å². The molecule has 0 aliphatic heterocycles. The van der Waals surface area contributed by atoms with Gasteiger partial charge < -0.3 is 5.32 Å². The number of nitrogens with one attached hydrogen (secondary N) is 1. The summed E-state index contributed by atoms with van der Waals surface area (Å²) in [5.41, 5.74) is 2.95. The van der Waals surface area contributed by atoms with Gasteiger partial charge >= 0.3 is 0 Å². The van der Waals surface area contributed by atoms with Crippen molar-refractivity contribution in [3.05, 3.63) is 59.1 Å². The summed E-state index contributed by atoms with van der Waals surface area (Å²) in [6.45, 7) is 2.37. The molecule has 1 aromatic heterocycles. The van der Waals surface area contributed by atoms with Crippen molar-refractivity contribution in [2.24, 2.45) is 0 Å². The molecule has 1 heterocycles. The van der Waals surface area contributed by atoms with Crippen LogP contribution < -0.4 is 5.32 Å². The van der Waals surface area contributed by atoms with Crippen molar-refractivity contribution in [2.75, 3.05) is 12.3 Å². The predicted molar refractivity (Wildman–Crippen MR) is 111 cm³/mol. The maximum atomic E-state index is 12.0. The van der Waals surface area contributed by atoms with Gasteiger partial charge in [0.25, 0.3) is 0 Å². The fraction of sp³-hybridized carbons (Fsp3) is 0.200. The van der Waals surface area contributed by atoms with Crippen LogP contribution in [0, 0.1) is 18.3 Å². The summed E-state index contributed by atoms with van der Waals surface area (Å²) in [4.78, 5) is 12.0. The molecule has 0 atom stereocenters. The molecule has 0 aliphatic rings. The molecule has 0 saturated heterocycles. The van der Waals surface area contributed by atoms with E-state index < -0.39 is 0 Å². The van der Waals surface area contributed by atoms with Gasteiger partial charge in [-0.25, -0.2) is 0 Å². The maximum Gasteiger partial charge on any atom is 0.230 e. The van der Waals surface area contributed by atoms with Crippen molar-refractivity contribution in [1.82, 2.24) is 20.1 Å². The molecule has 1 N–H and O–H groups in total. The van der Waals surface area contributed by atoms with Gasteiger partial charge in [-0.3, -0.25) is 9.36 Å². The molecule has 3 aromatic rings. The molecule has 3 rings (SSSR count). The lowest BCUT2D eigenvalue weighted by atomic mass is 10.1. The first-order chi connectivity index (χ1) is 13.6. The summed E-state index contributed by atoms with van der Waals surface area (Å²) in [6, 6.07) is 17.4. The molecule has 0 bridgehead atoms. The van der Waals surface area contributed by atoms with Crippen LogP contribution in [-0.4, -0.2) is 33.0 Å². The predicted octanol–water partition coefficient (Wildman–Crippen LogP) is 4.02. The van der Waals surface area contributed by atoms with E-state index in [9.17, 15) is 4.79 Å². The van der Waals surface area contributed by atoms with Crippen LogP contribution in [0.5, 0.6) is 0 Å². The van der Waals surface area contributed by atoms with Gasteiger partial charge in [0.2, 0.25) is 5.91 Å². The molecule has 0 radical (unpaired) electrons. The lowest BCUT2D eigenvalue weighted by Gasteiger charge is -2.11. The molecule has 0 aliphatic carbocycles. The van der Waals surface area contributed by atoms with E-state index in [1.807, 2.05) is 54.0 Å². The van der Waals surface area contributed by atoms with Gasteiger partial charge in [0.1, 0.15) is 0 Å². The summed E-state index contributed by atoms with van der Waals surface area (Å²) < 4.78 is 1.91. The van der Waals surface area contributed by atoms with Gasteiger partial charge in [0.05, 0.1) is 18.2 Å². The first-order valence-corrected chi connectivity index (χ1v) is 9.99. The second kappa shape index (κ2) is 9.40. The van der Waals surface area contributed by atoms with Crippen LogP contribution in [0.1, 0.15) is 12.0 Å². The van der Waals surface area contributed by atoms with E-state index in [1.165, 1.54) is 11.8 Å². The highest BCUT2D eigenvalue weighted by Gasteiger charge is 2.17. The normalized spacial score (nSPS) is 10.5. The Hall–Kier alpha value is -2.82. The van der Waals surface area contributed by atoms with E-state index in [-0.39, 0.29) is 18.1 Å². The third-order valence-corrected chi connectivity index (χ3v) is 5.10. The van der Waals surface area contributed by atoms with Crippen LogP contribution in [0.3, 0.4) is 0 Å². The molecule has 1 amide bonds. The van der Waals surface area contributed by atoms with Gasteiger partial charge in [0, 0.05) is 22.8 Å². The zero-order valence-corrected chi connectivity index (χ0v) is 16.8. The number of halogens is 1. The van der Waals surface area contributed by atoms with Gasteiger partial charge in [-0.15, -0.1) is 10.2 Å². The largest absolute Gasteiger partial charge is 0.354 e. The van der Waals surface area contributed by atoms with Crippen LogP contribution >= 0.6 is 23.4 Å². The number of thioether (sulfide) groups is 1. The number of nitriles is 1. The average molecular weight is 412 g/mol. The standard InChI is InChI=1S/C20H18ClN5OS/c1-14-3-5-15(6-4-14)19-24-25-20(28-13-18(27)23-12-2-11-22)26(19)17-9-7-16(21)8-10-17/h3-10H,2,12-13H2,1H3,(H,23,27). The highest BCUT2D eigenvalue weighted by Crippen LogP contribution is 2.28. The molecule has 28 heavy (non-hydrogen) atoms. The van der Waals surface area contributed by atoms with Crippen LogP contribution in [0.15, 0.2) is 53.7 Å². The molecular formula is C20H18ClN5OS. The van der Waals surface area contributed by atoms with Crippen molar-refractivity contribution in [2.45, 2.75) is 18.5 Å². The number of rotatable bonds is 7. The first kappa shape index (κ1) is 19.9. The number of nitrogens with zero attached hydrogens (tertiary/aromatic N) is 4. The lowest BCUT2D eigenvalue weighted by Crippen LogP contribution is -2.26. The zero-order chi connectivity index (χ0) is 19.9. The Morgan fingerprint density at radius 1 is 1.18 bits per heavy atom. The van der Waals surface area contributed by atoms with E-state index >= 15 is 0 Å². The summed E-state index contributed by atoms with van der Waals surface area (Å²) in [6.07, 6.45) is 0.287. The minimum atomic E-state index is -0.150. The Balaban J connectivity index is 1.89. The van der Waals surface area contributed by atoms with Crippen LogP contribution in [-0.2, 0) is 4.79 Å². The summed E-state index contributed by atoms with van der Waals surface area (Å²) in [5.74, 6) is 0.725. The highest BCUT2D eigenvalue weighted by atomic mass is 35.5. The molecule has 0 fully saturated rings. The summed E-state index contributed by atoms with van der Waals surface area (Å²) in [5, 5.41) is 21.2. The van der Waals surface area contributed by atoms with E-state index in [2.05, 4.69) is 15.5 Å². The average Bonchev–Trinajstić information content (AvgIpc) is 3.12. The first-order valence-electron chi connectivity index (χ1n) is 8.63. The smallest absolute Gasteiger partial charge is 0.230 e. The number of aryl methyl sites for hydroxylation is 1. The molecule has 0 saturated carbocycles. The Kier molecular flexibility index (Phi) is 6.69. The maximum absolute atomic E-state index is 12.0. The van der Waals surface area contributed by atoms with Crippen molar-refractivity contribution in [1.29, 1.82) is 5.26 Å². The third kappa shape index (κ3) is 4.91. The molecule has 142 valence electrons. The van der Waals surface area contributed by atoms with Gasteiger partial charge in [-0.05, 0) is 31.2 Å². The minimum Gasteiger partial charge on any atom is -0.354 e. The molecule has 6 nitrogen and oxygen atoms in total. The van der Waals surface area contributed by atoms with Crippen molar-refractivity contribution < 1.29 is 4.79 Å². The quantitative estimate of drug-likeness (QED) is 0.469. The molecule has 0 spiro atoms. The van der Waals surface area contributed by atoms with E-state index in [4.69, 9.17) is 16.9 Å². The van der Waals surface area contributed by atoms with Crippen LogP contribution in [0.25, 0.3) is 17.1 Å². The van der Waals surface area contributed by atoms with Gasteiger partial charge in [-0.1, -0.05) is 53.2 Å². The van der Waals surface area contributed by atoms with Crippen LogP contribution in [0.2, 0.25) is 5.02 Å². The second-order valence-electron chi connectivity index (χ2n) is 6.03. The molecule has 0 unspecified atom stereocenters. The molecular weight excluding hydrogens is 394 g/mol. The Bertz CT molecular complexity index is 993. The van der Waals surface area contributed by atoms with Crippen molar-refractivity contribution >= 4 is 29.3 Å². The number of amides is 1. The number of benzene rings is 2. The summed E-state index contributed by atoms with van der Waals surface area (Å²) in [7, 11) is 0. The van der Waals surface area contributed by atoms with E-state index in [0.717, 1.165) is 16.8 Å². The fourth-order valence-corrected chi connectivity index (χ4v) is 3.42. The number of carbonyl (C=O) groups is 1. The number of aromatic nitrogens is 3. The van der Waals surface area contributed by atoms with E-state index in [1.54, 1.807) is 12.1 Å². The molecule has 2 aromatic carbocycles. The van der Waals surface area contributed by atoms with Gasteiger partial charge in [-0.2, -0.15) is 5.26 Å². The van der Waals surface area contributed by atoms with Crippen molar-refractivity contribution in [3.8, 4) is 23.1 Å². The monoisotopic (exact) mass is 411 g/mol. The van der Waals surface area contributed by atoms with Crippen molar-refractivity contribution in [3.63, 3.8) is 0 Å². The lowest BCUT2D eigenvalue weighted by molar-refractivity contribution is -0.118. The zero-order valence-electron chi connectivity index (χ0n) is 15.2. The Labute approximate surface area is 172 Å². The highest BCUT2D eigenvalue weighted by molar-refractivity contribution is 7.99. The minimum absolute atomic E-state index is 0.150. The number of hydrogen-bond donors (Lipinski definition) is 1. The number of carbonyl (C=O) groups excluding carboxylic acids is 1.